The molecule has 1 rings (SSSR count). The largest absolute Gasteiger partial charge is 0.306 e. The Kier molecular flexibility index (Phi) is 12.6. The minimum absolute atomic E-state index is 0. The molecule has 0 bridgehead atoms. The van der Waals surface area contributed by atoms with Gasteiger partial charge in [0.2, 0.25) is 0 Å². The van der Waals surface area contributed by atoms with Crippen molar-refractivity contribution in [3.05, 3.63) is 0 Å². The summed E-state index contributed by atoms with van der Waals surface area (Å²) in [5.74, 6) is 0. The first kappa shape index (κ1) is 13.2. The van der Waals surface area contributed by atoms with Crippen molar-refractivity contribution < 1.29 is 18.6 Å². The predicted octanol–water partition coefficient (Wildman–Crippen LogP) is 2.13. The summed E-state index contributed by atoms with van der Waals surface area (Å²) in [5, 5.41) is 0. The van der Waals surface area contributed by atoms with Crippen molar-refractivity contribution in [2.45, 2.75) is 33.1 Å². The Morgan fingerprint density at radius 1 is 0.900 bits per heavy atom. The van der Waals surface area contributed by atoms with Crippen LogP contribution in [-0.2, 0) is 18.6 Å². The van der Waals surface area contributed by atoms with Crippen molar-refractivity contribution in [3.8, 4) is 0 Å². The van der Waals surface area contributed by atoms with Gasteiger partial charge in [0.1, 0.15) is 0 Å². The van der Waals surface area contributed by atoms with Crippen LogP contribution in [0.1, 0.15) is 33.1 Å². The maximum atomic E-state index is 2.39. The fourth-order valence-corrected chi connectivity index (χ4v) is 1.05. The molecule has 1 heterocycles. The summed E-state index contributed by atoms with van der Waals surface area (Å²) in [7, 11) is 2.19. The van der Waals surface area contributed by atoms with E-state index in [1.54, 1.807) is 0 Å². The van der Waals surface area contributed by atoms with Crippen LogP contribution in [0.15, 0.2) is 0 Å². The summed E-state index contributed by atoms with van der Waals surface area (Å²) in [6.45, 7) is 6.64. The molecule has 0 unspecified atom stereocenters. The Morgan fingerprint density at radius 2 is 1.30 bits per heavy atom. The van der Waals surface area contributed by atoms with Gasteiger partial charge in [-0.05, 0) is 33.0 Å². The molecule has 0 aromatic heterocycles. The molecule has 0 atom stereocenters. The number of likely N-dealkylation sites (tertiary alicyclic amines) is 1. The molecule has 1 saturated heterocycles. The van der Waals surface area contributed by atoms with Gasteiger partial charge >= 0.3 is 0 Å². The van der Waals surface area contributed by atoms with Gasteiger partial charge in [-0.25, -0.2) is 0 Å². The second-order valence-corrected chi connectivity index (χ2v) is 2.36. The van der Waals surface area contributed by atoms with Crippen LogP contribution in [0.2, 0.25) is 0 Å². The molecule has 2 heteroatoms. The Hall–Kier alpha value is 0.544. The molecule has 0 aromatic rings. The topological polar surface area (TPSA) is 3.24 Å². The van der Waals surface area contributed by atoms with E-state index in [4.69, 9.17) is 0 Å². The normalized spacial score (nSPS) is 18.3. The van der Waals surface area contributed by atoms with E-state index >= 15 is 0 Å². The summed E-state index contributed by atoms with van der Waals surface area (Å²) in [5.41, 5.74) is 0. The standard InChI is InChI=1S/C6H13N.C2H6.V/c1-7-5-3-2-4-6-7;1-2;/h2-6H2,1H3;1-2H3;. The fourth-order valence-electron chi connectivity index (χ4n) is 1.05. The van der Waals surface area contributed by atoms with E-state index in [0.717, 1.165) is 0 Å². The molecule has 61 valence electrons. The van der Waals surface area contributed by atoms with Gasteiger partial charge in [-0.15, -0.1) is 0 Å². The zero-order chi connectivity index (χ0) is 7.11. The smallest absolute Gasteiger partial charge is 0 e. The molecular weight excluding hydrogens is 161 g/mol. The van der Waals surface area contributed by atoms with Gasteiger partial charge in [-0.1, -0.05) is 20.3 Å². The van der Waals surface area contributed by atoms with Crippen molar-refractivity contribution in [1.82, 2.24) is 4.90 Å². The Labute approximate surface area is 77.1 Å². The van der Waals surface area contributed by atoms with Crippen LogP contribution in [0, 0.1) is 0 Å². The van der Waals surface area contributed by atoms with E-state index in [1.165, 1.54) is 32.4 Å². The molecule has 0 amide bonds. The zero-order valence-corrected chi connectivity index (χ0v) is 8.83. The predicted molar refractivity (Wildman–Crippen MR) is 42.7 cm³/mol. The molecule has 1 aliphatic rings. The SMILES string of the molecule is CC.CN1CCCCC1.[V]. The van der Waals surface area contributed by atoms with Crippen molar-refractivity contribution in [2.24, 2.45) is 0 Å². The van der Waals surface area contributed by atoms with Gasteiger partial charge in [0.05, 0.1) is 0 Å². The third-order valence-corrected chi connectivity index (χ3v) is 1.58. The monoisotopic (exact) mass is 180 g/mol. The van der Waals surface area contributed by atoms with Gasteiger partial charge in [-0.3, -0.25) is 0 Å². The summed E-state index contributed by atoms with van der Waals surface area (Å²) in [6, 6.07) is 0. The molecule has 1 fully saturated rings. The molecule has 0 N–H and O–H groups in total. The van der Waals surface area contributed by atoms with Crippen LogP contribution in [0.3, 0.4) is 0 Å². The Bertz CT molecular complexity index is 51.2. The van der Waals surface area contributed by atoms with Crippen LogP contribution >= 0.6 is 0 Å². The number of rotatable bonds is 0. The van der Waals surface area contributed by atoms with Crippen LogP contribution in [0.25, 0.3) is 0 Å². The molecular formula is C8H19NV. The van der Waals surface area contributed by atoms with E-state index in [-0.39, 0.29) is 18.6 Å². The van der Waals surface area contributed by atoms with E-state index in [0.29, 0.717) is 0 Å². The van der Waals surface area contributed by atoms with Crippen LogP contribution in [0.5, 0.6) is 0 Å². The molecule has 0 aliphatic carbocycles. The molecule has 10 heavy (non-hydrogen) atoms. The second kappa shape index (κ2) is 9.54. The summed E-state index contributed by atoms with van der Waals surface area (Å²) < 4.78 is 0. The maximum absolute atomic E-state index is 2.39. The molecule has 1 nitrogen and oxygen atoms in total. The van der Waals surface area contributed by atoms with Crippen LogP contribution in [0.4, 0.5) is 0 Å². The van der Waals surface area contributed by atoms with Crippen LogP contribution in [-0.4, -0.2) is 25.0 Å². The first-order valence-corrected chi connectivity index (χ1v) is 4.08. The van der Waals surface area contributed by atoms with Gasteiger partial charge in [-0.2, -0.15) is 0 Å². The van der Waals surface area contributed by atoms with Gasteiger partial charge in [0.15, 0.2) is 0 Å². The first-order chi connectivity index (χ1) is 4.39. The zero-order valence-electron chi connectivity index (χ0n) is 7.43. The summed E-state index contributed by atoms with van der Waals surface area (Å²) in [4.78, 5) is 2.39. The third-order valence-electron chi connectivity index (χ3n) is 1.58. The number of nitrogens with zero attached hydrogens (tertiary/aromatic N) is 1. The minimum atomic E-state index is 0. The van der Waals surface area contributed by atoms with Crippen molar-refractivity contribution in [2.75, 3.05) is 20.1 Å². The first-order valence-electron chi connectivity index (χ1n) is 4.08. The van der Waals surface area contributed by atoms with E-state index in [9.17, 15) is 0 Å². The van der Waals surface area contributed by atoms with Crippen molar-refractivity contribution in [1.29, 1.82) is 0 Å². The second-order valence-electron chi connectivity index (χ2n) is 2.36. The fraction of sp³-hybridized carbons (Fsp3) is 1.00. The van der Waals surface area contributed by atoms with Crippen molar-refractivity contribution >= 4 is 0 Å². The number of hydrogen-bond acceptors (Lipinski definition) is 1. The molecule has 1 radical (unpaired) electrons. The summed E-state index contributed by atoms with van der Waals surface area (Å²) >= 11 is 0. The average Bonchev–Trinajstić information content (AvgIpc) is 1.94. The third kappa shape index (κ3) is 6.66. The Balaban J connectivity index is 0. The van der Waals surface area contributed by atoms with Gasteiger partial charge in [0, 0.05) is 18.6 Å². The van der Waals surface area contributed by atoms with E-state index in [1.807, 2.05) is 13.8 Å². The van der Waals surface area contributed by atoms with Gasteiger partial charge in [0.25, 0.3) is 0 Å². The molecule has 0 aromatic carbocycles. The minimum Gasteiger partial charge on any atom is -0.306 e. The average molecular weight is 180 g/mol. The van der Waals surface area contributed by atoms with E-state index in [2.05, 4.69) is 11.9 Å². The quantitative estimate of drug-likeness (QED) is 0.552. The van der Waals surface area contributed by atoms with Gasteiger partial charge < -0.3 is 4.90 Å². The number of hydrogen-bond donors (Lipinski definition) is 0. The Morgan fingerprint density at radius 3 is 1.50 bits per heavy atom. The molecule has 0 spiro atoms. The molecule has 0 saturated carbocycles. The number of piperidine rings is 1. The maximum Gasteiger partial charge on any atom is 0 e. The van der Waals surface area contributed by atoms with Crippen LogP contribution < -0.4 is 0 Å². The summed E-state index contributed by atoms with van der Waals surface area (Å²) in [6.07, 6.45) is 4.28. The van der Waals surface area contributed by atoms with Crippen molar-refractivity contribution in [3.63, 3.8) is 0 Å². The molecule has 1 aliphatic heterocycles. The van der Waals surface area contributed by atoms with E-state index < -0.39 is 0 Å².